The number of ether oxygens (including phenoxy) is 3. The zero-order valence-corrected chi connectivity index (χ0v) is 15.1. The van der Waals surface area contributed by atoms with Gasteiger partial charge in [-0.2, -0.15) is 0 Å². The highest BCUT2D eigenvalue weighted by atomic mass is 16.7. The van der Waals surface area contributed by atoms with Crippen molar-refractivity contribution < 1.29 is 23.8 Å². The fourth-order valence-electron chi connectivity index (χ4n) is 3.62. The minimum Gasteiger partial charge on any atom is -0.496 e. The number of rotatable bonds is 6. The van der Waals surface area contributed by atoms with E-state index < -0.39 is 0 Å². The highest BCUT2D eigenvalue weighted by molar-refractivity contribution is 6.03. The summed E-state index contributed by atoms with van der Waals surface area (Å²) >= 11 is 0. The highest BCUT2D eigenvalue weighted by Crippen LogP contribution is 2.33. The molecule has 0 N–H and O–H groups in total. The van der Waals surface area contributed by atoms with Crippen molar-refractivity contribution in [2.45, 2.75) is 19.3 Å². The van der Waals surface area contributed by atoms with Gasteiger partial charge in [-0.25, -0.2) is 0 Å². The molecule has 0 saturated carbocycles. The lowest BCUT2D eigenvalue weighted by atomic mass is 9.97. The maximum absolute atomic E-state index is 12.7. The van der Waals surface area contributed by atoms with Crippen LogP contribution in [0.15, 0.2) is 42.5 Å². The smallest absolute Gasteiger partial charge is 0.233 e. The number of carbonyl (C=O) groups excluding carboxylic acids is 2. The number of para-hydroxylation sites is 1. The van der Waals surface area contributed by atoms with Crippen LogP contribution in [0, 0.1) is 5.92 Å². The quantitative estimate of drug-likeness (QED) is 0.735. The van der Waals surface area contributed by atoms with Gasteiger partial charge >= 0.3 is 0 Å². The van der Waals surface area contributed by atoms with E-state index in [4.69, 9.17) is 14.2 Å². The van der Waals surface area contributed by atoms with Crippen molar-refractivity contribution in [3.63, 3.8) is 0 Å². The molecule has 4 rings (SSSR count). The van der Waals surface area contributed by atoms with E-state index in [9.17, 15) is 9.59 Å². The Balaban J connectivity index is 1.41. The van der Waals surface area contributed by atoms with Crippen LogP contribution in [0.2, 0.25) is 0 Å². The minimum absolute atomic E-state index is 0.105. The maximum atomic E-state index is 12.7. The predicted octanol–water partition coefficient (Wildman–Crippen LogP) is 2.58. The summed E-state index contributed by atoms with van der Waals surface area (Å²) in [6.45, 7) is 0.603. The summed E-state index contributed by atoms with van der Waals surface area (Å²) in [6, 6.07) is 13.3. The Morgan fingerprint density at radius 2 is 1.93 bits per heavy atom. The van der Waals surface area contributed by atoms with Gasteiger partial charge in [-0.3, -0.25) is 14.5 Å². The molecule has 140 valence electrons. The van der Waals surface area contributed by atoms with Crippen LogP contribution in [-0.4, -0.2) is 37.2 Å². The fraction of sp³-hybridized carbons (Fsp3) is 0.333. The van der Waals surface area contributed by atoms with Crippen molar-refractivity contribution >= 4 is 11.8 Å². The van der Waals surface area contributed by atoms with E-state index in [1.165, 1.54) is 4.90 Å². The van der Waals surface area contributed by atoms with Gasteiger partial charge in [-0.1, -0.05) is 24.3 Å². The van der Waals surface area contributed by atoms with Gasteiger partial charge in [0.1, 0.15) is 5.75 Å². The SMILES string of the molecule is COc1ccccc1C[C@H]1CC(=O)N(CCc2ccc3c(c2)OCO3)C1=O. The normalized spacial score (nSPS) is 18.3. The lowest BCUT2D eigenvalue weighted by molar-refractivity contribution is -0.139. The number of amides is 2. The average molecular weight is 367 g/mol. The molecule has 0 bridgehead atoms. The second kappa shape index (κ2) is 7.31. The molecule has 1 saturated heterocycles. The number of imide groups is 1. The molecule has 2 amide bonds. The molecule has 0 unspecified atom stereocenters. The second-order valence-corrected chi connectivity index (χ2v) is 6.74. The summed E-state index contributed by atoms with van der Waals surface area (Å²) in [5.74, 6) is 1.64. The third-order valence-electron chi connectivity index (χ3n) is 5.06. The number of methoxy groups -OCH3 is 1. The van der Waals surface area contributed by atoms with Crippen LogP contribution in [0.5, 0.6) is 17.2 Å². The largest absolute Gasteiger partial charge is 0.496 e. The summed E-state index contributed by atoms with van der Waals surface area (Å²) in [6.07, 6.45) is 1.35. The molecule has 0 spiro atoms. The molecule has 6 nitrogen and oxygen atoms in total. The monoisotopic (exact) mass is 367 g/mol. The van der Waals surface area contributed by atoms with Crippen molar-refractivity contribution in [1.29, 1.82) is 0 Å². The van der Waals surface area contributed by atoms with E-state index >= 15 is 0 Å². The van der Waals surface area contributed by atoms with Crippen molar-refractivity contribution in [1.82, 2.24) is 4.90 Å². The van der Waals surface area contributed by atoms with Gasteiger partial charge < -0.3 is 14.2 Å². The van der Waals surface area contributed by atoms with E-state index in [0.717, 1.165) is 22.6 Å². The molecule has 2 aromatic carbocycles. The third kappa shape index (κ3) is 3.47. The van der Waals surface area contributed by atoms with Crippen LogP contribution in [0.25, 0.3) is 0 Å². The topological polar surface area (TPSA) is 65.1 Å². The van der Waals surface area contributed by atoms with E-state index in [-0.39, 0.29) is 30.9 Å². The van der Waals surface area contributed by atoms with Crippen molar-refractivity contribution in [3.8, 4) is 17.2 Å². The summed E-state index contributed by atoms with van der Waals surface area (Å²) in [5.41, 5.74) is 1.96. The zero-order chi connectivity index (χ0) is 18.8. The van der Waals surface area contributed by atoms with Gasteiger partial charge in [-0.05, 0) is 42.2 Å². The Hall–Kier alpha value is -3.02. The first kappa shape index (κ1) is 17.4. The molecule has 0 aromatic heterocycles. The van der Waals surface area contributed by atoms with Crippen LogP contribution in [0.1, 0.15) is 17.5 Å². The molecule has 2 aliphatic heterocycles. The van der Waals surface area contributed by atoms with Crippen molar-refractivity contribution in [2.24, 2.45) is 5.92 Å². The fourth-order valence-corrected chi connectivity index (χ4v) is 3.62. The van der Waals surface area contributed by atoms with Gasteiger partial charge in [0.05, 0.1) is 13.0 Å². The van der Waals surface area contributed by atoms with Crippen molar-refractivity contribution in [3.05, 3.63) is 53.6 Å². The summed E-state index contributed by atoms with van der Waals surface area (Å²) in [4.78, 5) is 26.5. The molecule has 1 fully saturated rings. The molecule has 0 radical (unpaired) electrons. The first-order valence-corrected chi connectivity index (χ1v) is 9.00. The molecule has 0 aliphatic carbocycles. The first-order chi connectivity index (χ1) is 13.2. The number of likely N-dealkylation sites (tertiary alicyclic amines) is 1. The highest BCUT2D eigenvalue weighted by Gasteiger charge is 2.38. The maximum Gasteiger partial charge on any atom is 0.233 e. The first-order valence-electron chi connectivity index (χ1n) is 9.00. The molecule has 27 heavy (non-hydrogen) atoms. The van der Waals surface area contributed by atoms with E-state index in [1.807, 2.05) is 42.5 Å². The zero-order valence-electron chi connectivity index (χ0n) is 15.1. The van der Waals surface area contributed by atoms with Gasteiger partial charge in [0.15, 0.2) is 11.5 Å². The number of benzene rings is 2. The van der Waals surface area contributed by atoms with Crippen LogP contribution in [-0.2, 0) is 22.4 Å². The molecular formula is C21H21NO5. The summed E-state index contributed by atoms with van der Waals surface area (Å²) in [7, 11) is 1.61. The third-order valence-corrected chi connectivity index (χ3v) is 5.06. The molecule has 2 aliphatic rings. The number of nitrogens with zero attached hydrogens (tertiary/aromatic N) is 1. The lowest BCUT2D eigenvalue weighted by Crippen LogP contribution is -2.33. The number of hydrogen-bond acceptors (Lipinski definition) is 5. The number of fused-ring (bicyclic) bond motifs is 1. The van der Waals surface area contributed by atoms with E-state index in [1.54, 1.807) is 7.11 Å². The Morgan fingerprint density at radius 3 is 2.78 bits per heavy atom. The van der Waals surface area contributed by atoms with Crippen LogP contribution in [0.3, 0.4) is 0 Å². The van der Waals surface area contributed by atoms with Gasteiger partial charge in [0.2, 0.25) is 18.6 Å². The molecule has 2 aromatic rings. The Labute approximate surface area is 157 Å². The van der Waals surface area contributed by atoms with E-state index in [0.29, 0.717) is 25.1 Å². The Kier molecular flexibility index (Phi) is 4.71. The van der Waals surface area contributed by atoms with Crippen LogP contribution < -0.4 is 14.2 Å². The van der Waals surface area contributed by atoms with Gasteiger partial charge in [-0.15, -0.1) is 0 Å². The van der Waals surface area contributed by atoms with Crippen LogP contribution in [0.4, 0.5) is 0 Å². The number of carbonyl (C=O) groups is 2. The molecule has 1 atom stereocenters. The van der Waals surface area contributed by atoms with Gasteiger partial charge in [0, 0.05) is 13.0 Å². The molecule has 2 heterocycles. The number of hydrogen-bond donors (Lipinski definition) is 0. The summed E-state index contributed by atoms with van der Waals surface area (Å²) in [5, 5.41) is 0. The predicted molar refractivity (Wildman–Crippen MR) is 97.8 cm³/mol. The standard InChI is InChI=1S/C21H21NO5/c1-25-17-5-3-2-4-15(17)11-16-12-20(23)22(21(16)24)9-8-14-6-7-18-19(10-14)27-13-26-18/h2-7,10,16H,8-9,11-13H2,1H3/t16-/m0/s1. The average Bonchev–Trinajstić information content (AvgIpc) is 3.25. The minimum atomic E-state index is -0.328. The molecular weight excluding hydrogens is 346 g/mol. The molecule has 6 heteroatoms. The van der Waals surface area contributed by atoms with Crippen molar-refractivity contribution in [2.75, 3.05) is 20.4 Å². The Morgan fingerprint density at radius 1 is 1.11 bits per heavy atom. The second-order valence-electron chi connectivity index (χ2n) is 6.74. The Bertz CT molecular complexity index is 879. The lowest BCUT2D eigenvalue weighted by Gasteiger charge is -2.16. The van der Waals surface area contributed by atoms with E-state index in [2.05, 4.69) is 0 Å². The van der Waals surface area contributed by atoms with Crippen LogP contribution >= 0.6 is 0 Å². The van der Waals surface area contributed by atoms with Gasteiger partial charge in [0.25, 0.3) is 0 Å². The summed E-state index contributed by atoms with van der Waals surface area (Å²) < 4.78 is 16.0.